The molecule has 1 unspecified atom stereocenters. The highest BCUT2D eigenvalue weighted by atomic mass is 32.2. The van der Waals surface area contributed by atoms with Gasteiger partial charge in [0.05, 0.1) is 22.7 Å². The van der Waals surface area contributed by atoms with Crippen LogP contribution < -0.4 is 5.73 Å². The number of aromatic amines is 1. The number of thioether (sulfide) groups is 1. The summed E-state index contributed by atoms with van der Waals surface area (Å²) in [6.45, 7) is 1.14. The zero-order valence-electron chi connectivity index (χ0n) is 12.1. The Morgan fingerprint density at radius 3 is 3.00 bits per heavy atom. The first-order valence-electron chi connectivity index (χ1n) is 7.28. The monoisotopic (exact) mass is 318 g/mol. The number of amides is 2. The van der Waals surface area contributed by atoms with Crippen molar-refractivity contribution in [3.05, 3.63) is 24.3 Å². The minimum atomic E-state index is -0.317. The van der Waals surface area contributed by atoms with Crippen LogP contribution in [0.3, 0.4) is 0 Å². The van der Waals surface area contributed by atoms with Crippen LogP contribution in [0.4, 0.5) is 0 Å². The maximum absolute atomic E-state index is 12.3. The lowest BCUT2D eigenvalue weighted by molar-refractivity contribution is -0.132. The number of hydrogen-bond acceptors (Lipinski definition) is 4. The van der Waals surface area contributed by atoms with Gasteiger partial charge in [0.15, 0.2) is 5.16 Å². The SMILES string of the molecule is NC(=O)C1CCCN(C(=O)CSc2nc3ccccc3[nH]2)C1. The molecule has 1 fully saturated rings. The summed E-state index contributed by atoms with van der Waals surface area (Å²) in [7, 11) is 0. The van der Waals surface area contributed by atoms with Crippen molar-refractivity contribution in [2.75, 3.05) is 18.8 Å². The highest BCUT2D eigenvalue weighted by Crippen LogP contribution is 2.21. The molecule has 1 atom stereocenters. The summed E-state index contributed by atoms with van der Waals surface area (Å²) >= 11 is 1.38. The van der Waals surface area contributed by atoms with Crippen molar-refractivity contribution >= 4 is 34.6 Å². The Kier molecular flexibility index (Phi) is 4.33. The standard InChI is InChI=1S/C15H18N4O2S/c16-14(21)10-4-3-7-19(8-10)13(20)9-22-15-17-11-5-1-2-6-12(11)18-15/h1-2,5-6,10H,3-4,7-9H2,(H2,16,21)(H,17,18). The number of carbonyl (C=O) groups is 2. The molecule has 2 amide bonds. The van der Waals surface area contributed by atoms with Gasteiger partial charge >= 0.3 is 0 Å². The predicted molar refractivity (Wildman–Crippen MR) is 85.3 cm³/mol. The molecule has 1 saturated heterocycles. The summed E-state index contributed by atoms with van der Waals surface area (Å²) in [6.07, 6.45) is 1.60. The fourth-order valence-corrected chi connectivity index (χ4v) is 3.44. The first-order valence-corrected chi connectivity index (χ1v) is 8.26. The van der Waals surface area contributed by atoms with Crippen LogP contribution in [0.15, 0.2) is 29.4 Å². The largest absolute Gasteiger partial charge is 0.369 e. The van der Waals surface area contributed by atoms with E-state index in [0.29, 0.717) is 18.8 Å². The van der Waals surface area contributed by atoms with Crippen molar-refractivity contribution in [1.82, 2.24) is 14.9 Å². The molecule has 0 aliphatic carbocycles. The summed E-state index contributed by atoms with van der Waals surface area (Å²) in [5, 5.41) is 0.734. The van der Waals surface area contributed by atoms with E-state index in [0.717, 1.165) is 29.0 Å². The molecule has 1 aliphatic heterocycles. The van der Waals surface area contributed by atoms with Crippen LogP contribution in [0.5, 0.6) is 0 Å². The normalized spacial score (nSPS) is 18.5. The van der Waals surface area contributed by atoms with Gasteiger partial charge in [-0.2, -0.15) is 0 Å². The van der Waals surface area contributed by atoms with Crippen molar-refractivity contribution in [3.8, 4) is 0 Å². The Balaban J connectivity index is 1.58. The highest BCUT2D eigenvalue weighted by Gasteiger charge is 2.26. The number of H-pyrrole nitrogens is 1. The third-order valence-electron chi connectivity index (χ3n) is 3.88. The van der Waals surface area contributed by atoms with Crippen molar-refractivity contribution in [1.29, 1.82) is 0 Å². The number of nitrogens with zero attached hydrogens (tertiary/aromatic N) is 2. The molecular formula is C15H18N4O2S. The molecule has 22 heavy (non-hydrogen) atoms. The number of carbonyl (C=O) groups excluding carboxylic acids is 2. The van der Waals surface area contributed by atoms with Gasteiger partial charge in [-0.1, -0.05) is 23.9 Å². The molecule has 1 aliphatic rings. The van der Waals surface area contributed by atoms with E-state index >= 15 is 0 Å². The molecule has 0 saturated carbocycles. The Morgan fingerprint density at radius 1 is 1.41 bits per heavy atom. The van der Waals surface area contributed by atoms with Gasteiger partial charge in [-0.15, -0.1) is 0 Å². The second-order valence-corrected chi connectivity index (χ2v) is 6.39. The molecule has 6 nitrogen and oxygen atoms in total. The maximum atomic E-state index is 12.3. The van der Waals surface area contributed by atoms with Crippen molar-refractivity contribution in [3.63, 3.8) is 0 Å². The molecule has 3 rings (SSSR count). The topological polar surface area (TPSA) is 92.1 Å². The molecule has 2 heterocycles. The molecule has 0 radical (unpaired) electrons. The number of nitrogens with two attached hydrogens (primary N) is 1. The molecule has 0 spiro atoms. The highest BCUT2D eigenvalue weighted by molar-refractivity contribution is 7.99. The minimum absolute atomic E-state index is 0.0245. The van der Waals surface area contributed by atoms with E-state index in [2.05, 4.69) is 9.97 Å². The van der Waals surface area contributed by atoms with Crippen molar-refractivity contribution < 1.29 is 9.59 Å². The molecule has 116 valence electrons. The average molecular weight is 318 g/mol. The molecule has 2 aromatic rings. The van der Waals surface area contributed by atoms with Gasteiger partial charge in [-0.25, -0.2) is 4.98 Å². The van der Waals surface area contributed by atoms with Gasteiger partial charge in [-0.3, -0.25) is 9.59 Å². The first kappa shape index (κ1) is 14.9. The number of piperidine rings is 1. The van der Waals surface area contributed by atoms with Crippen LogP contribution in [0, 0.1) is 5.92 Å². The van der Waals surface area contributed by atoms with Gasteiger partial charge in [0.2, 0.25) is 11.8 Å². The number of imidazole rings is 1. The minimum Gasteiger partial charge on any atom is -0.369 e. The van der Waals surface area contributed by atoms with Crippen molar-refractivity contribution in [2.24, 2.45) is 11.7 Å². The smallest absolute Gasteiger partial charge is 0.233 e. The van der Waals surface area contributed by atoms with Crippen LogP contribution in [-0.4, -0.2) is 45.5 Å². The summed E-state index contributed by atoms with van der Waals surface area (Å²) in [6, 6.07) is 7.76. The predicted octanol–water partition coefficient (Wildman–Crippen LogP) is 1.38. The lowest BCUT2D eigenvalue weighted by atomic mass is 9.97. The number of benzene rings is 1. The van der Waals surface area contributed by atoms with Crippen LogP contribution in [-0.2, 0) is 9.59 Å². The van der Waals surface area contributed by atoms with Crippen LogP contribution in [0.1, 0.15) is 12.8 Å². The number of rotatable bonds is 4. The summed E-state index contributed by atoms with van der Waals surface area (Å²) in [5.74, 6) is -0.196. The number of fused-ring (bicyclic) bond motifs is 1. The molecule has 1 aromatic carbocycles. The Morgan fingerprint density at radius 2 is 2.23 bits per heavy atom. The van der Waals surface area contributed by atoms with Gasteiger partial charge in [0.25, 0.3) is 0 Å². The lowest BCUT2D eigenvalue weighted by Crippen LogP contribution is -2.44. The maximum Gasteiger partial charge on any atom is 0.233 e. The quantitative estimate of drug-likeness (QED) is 0.833. The molecule has 7 heteroatoms. The molecular weight excluding hydrogens is 300 g/mol. The second kappa shape index (κ2) is 6.39. The molecule has 1 aromatic heterocycles. The number of primary amides is 1. The first-order chi connectivity index (χ1) is 10.6. The summed E-state index contributed by atoms with van der Waals surface area (Å²) in [5.41, 5.74) is 7.20. The Hall–Kier alpha value is -2.02. The fraction of sp³-hybridized carbons (Fsp3) is 0.400. The molecule has 0 bridgehead atoms. The number of para-hydroxylation sites is 2. The van der Waals surface area contributed by atoms with Crippen LogP contribution in [0.2, 0.25) is 0 Å². The summed E-state index contributed by atoms with van der Waals surface area (Å²) < 4.78 is 0. The van der Waals surface area contributed by atoms with Crippen molar-refractivity contribution in [2.45, 2.75) is 18.0 Å². The fourth-order valence-electron chi connectivity index (χ4n) is 2.66. The van der Waals surface area contributed by atoms with E-state index < -0.39 is 0 Å². The number of hydrogen-bond donors (Lipinski definition) is 2. The lowest BCUT2D eigenvalue weighted by Gasteiger charge is -2.31. The zero-order chi connectivity index (χ0) is 15.5. The number of nitrogens with one attached hydrogen (secondary N) is 1. The number of aromatic nitrogens is 2. The summed E-state index contributed by atoms with van der Waals surface area (Å²) in [4.78, 5) is 32.9. The molecule has 3 N–H and O–H groups in total. The van der Waals surface area contributed by atoms with Gasteiger partial charge in [0.1, 0.15) is 0 Å². The second-order valence-electron chi connectivity index (χ2n) is 5.43. The van der Waals surface area contributed by atoms with Gasteiger partial charge < -0.3 is 15.6 Å². The third kappa shape index (κ3) is 3.24. The average Bonchev–Trinajstić information content (AvgIpc) is 2.95. The van der Waals surface area contributed by atoms with Crippen LogP contribution >= 0.6 is 11.8 Å². The van der Waals surface area contributed by atoms with Gasteiger partial charge in [0, 0.05) is 13.1 Å². The third-order valence-corrected chi connectivity index (χ3v) is 4.73. The van der Waals surface area contributed by atoms with E-state index in [1.54, 1.807) is 4.90 Å². The van der Waals surface area contributed by atoms with E-state index in [9.17, 15) is 9.59 Å². The van der Waals surface area contributed by atoms with Crippen LogP contribution in [0.25, 0.3) is 11.0 Å². The van der Waals surface area contributed by atoms with E-state index in [-0.39, 0.29) is 17.7 Å². The van der Waals surface area contributed by atoms with Gasteiger partial charge in [-0.05, 0) is 25.0 Å². The Bertz CT molecular complexity index is 667. The van der Waals surface area contributed by atoms with E-state index in [4.69, 9.17) is 5.73 Å². The Labute approximate surface area is 132 Å². The number of likely N-dealkylation sites (tertiary alicyclic amines) is 1. The van der Waals surface area contributed by atoms with E-state index in [1.165, 1.54) is 11.8 Å². The van der Waals surface area contributed by atoms with E-state index in [1.807, 2.05) is 24.3 Å². The zero-order valence-corrected chi connectivity index (χ0v) is 12.9.